The van der Waals surface area contributed by atoms with E-state index in [9.17, 15) is 4.79 Å². The summed E-state index contributed by atoms with van der Waals surface area (Å²) in [6, 6.07) is 16.2. The molecule has 0 saturated heterocycles. The number of aromatic nitrogens is 3. The van der Waals surface area contributed by atoms with Gasteiger partial charge < -0.3 is 10.1 Å². The number of hydrogen-bond acceptors (Lipinski definition) is 6. The number of hydrogen-bond donors (Lipinski definition) is 1. The van der Waals surface area contributed by atoms with Crippen molar-refractivity contribution in [3.8, 4) is 0 Å². The van der Waals surface area contributed by atoms with E-state index in [1.54, 1.807) is 16.4 Å². The Hall–Kier alpha value is -3.06. The molecule has 3 aromatic rings. The number of esters is 1. The normalized spacial score (nSPS) is 15.4. The topological polar surface area (TPSA) is 69.0 Å². The number of thioether (sulfide) groups is 1. The molecule has 0 fully saturated rings. The fourth-order valence-electron chi connectivity index (χ4n) is 3.67. The third-order valence-corrected chi connectivity index (χ3v) is 6.08. The summed E-state index contributed by atoms with van der Waals surface area (Å²) in [6.07, 6.45) is 0. The van der Waals surface area contributed by atoms with Crippen LogP contribution in [0.1, 0.15) is 42.1 Å². The second kappa shape index (κ2) is 8.98. The molecule has 0 unspecified atom stereocenters. The largest absolute Gasteiger partial charge is 0.463 e. The molecule has 0 amide bonds. The van der Waals surface area contributed by atoms with Gasteiger partial charge >= 0.3 is 5.97 Å². The Morgan fingerprint density at radius 1 is 1.13 bits per heavy atom. The number of aryl methyl sites for hydroxylation is 2. The van der Waals surface area contributed by atoms with E-state index in [1.165, 1.54) is 11.1 Å². The predicted molar refractivity (Wildman–Crippen MR) is 123 cm³/mol. The van der Waals surface area contributed by atoms with E-state index in [2.05, 4.69) is 41.5 Å². The SMILES string of the molecule is CCOC(=O)C1=C(C)Nc2nc(SCc3cccc(C)c3)nn2[C@@H]1c1ccc(C)cc1. The standard InChI is InChI=1S/C24H26N4O2S/c1-5-30-22(29)20-17(4)25-23-26-24(31-14-18-8-6-7-16(3)13-18)27-28(23)21(20)19-11-9-15(2)10-12-19/h6-13,21H,5,14H2,1-4H3,(H,25,26,27)/t21-/m1/s1. The van der Waals surface area contributed by atoms with Crippen LogP contribution >= 0.6 is 11.8 Å². The smallest absolute Gasteiger partial charge is 0.338 e. The Morgan fingerprint density at radius 3 is 2.61 bits per heavy atom. The van der Waals surface area contributed by atoms with Crippen LogP contribution in [0.4, 0.5) is 5.95 Å². The van der Waals surface area contributed by atoms with Crippen LogP contribution in [0.5, 0.6) is 0 Å². The molecule has 31 heavy (non-hydrogen) atoms. The first-order valence-corrected chi connectivity index (χ1v) is 11.3. The summed E-state index contributed by atoms with van der Waals surface area (Å²) >= 11 is 1.58. The average molecular weight is 435 g/mol. The first-order chi connectivity index (χ1) is 15.0. The summed E-state index contributed by atoms with van der Waals surface area (Å²) in [4.78, 5) is 17.5. The van der Waals surface area contributed by atoms with Crippen LogP contribution in [0, 0.1) is 13.8 Å². The lowest BCUT2D eigenvalue weighted by Crippen LogP contribution is -2.29. The number of carbonyl (C=O) groups is 1. The number of nitrogens with one attached hydrogen (secondary N) is 1. The molecular formula is C24H26N4O2S. The van der Waals surface area contributed by atoms with Gasteiger partial charge in [-0.15, -0.1) is 5.10 Å². The summed E-state index contributed by atoms with van der Waals surface area (Å²) in [5, 5.41) is 8.67. The number of nitrogens with zero attached hydrogens (tertiary/aromatic N) is 3. The third kappa shape index (κ3) is 4.51. The number of benzene rings is 2. The second-order valence-corrected chi connectivity index (χ2v) is 8.58. The molecule has 1 N–H and O–H groups in total. The number of allylic oxidation sites excluding steroid dienone is 1. The summed E-state index contributed by atoms with van der Waals surface area (Å²) in [6.45, 7) is 8.14. The van der Waals surface area contributed by atoms with Crippen molar-refractivity contribution < 1.29 is 9.53 Å². The summed E-state index contributed by atoms with van der Waals surface area (Å²) in [5.41, 5.74) is 5.87. The number of fused-ring (bicyclic) bond motifs is 1. The van der Waals surface area contributed by atoms with E-state index < -0.39 is 6.04 Å². The van der Waals surface area contributed by atoms with E-state index in [0.717, 1.165) is 22.6 Å². The molecule has 1 aliphatic heterocycles. The van der Waals surface area contributed by atoms with Crippen LogP contribution in [-0.2, 0) is 15.3 Å². The van der Waals surface area contributed by atoms with Crippen molar-refractivity contribution in [2.45, 2.75) is 44.6 Å². The molecule has 0 bridgehead atoms. The van der Waals surface area contributed by atoms with Gasteiger partial charge in [0.25, 0.3) is 0 Å². The van der Waals surface area contributed by atoms with E-state index in [1.807, 2.05) is 45.0 Å². The predicted octanol–water partition coefficient (Wildman–Crippen LogP) is 5.04. The number of carbonyl (C=O) groups excluding carboxylic acids is 1. The molecule has 6 nitrogen and oxygen atoms in total. The molecule has 0 saturated carbocycles. The van der Waals surface area contributed by atoms with Gasteiger partial charge in [0.2, 0.25) is 11.1 Å². The van der Waals surface area contributed by atoms with Crippen molar-refractivity contribution >= 4 is 23.7 Å². The van der Waals surface area contributed by atoms with Crippen LogP contribution in [0.15, 0.2) is 65.0 Å². The van der Waals surface area contributed by atoms with Crippen molar-refractivity contribution in [2.24, 2.45) is 0 Å². The maximum atomic E-state index is 12.8. The first-order valence-electron chi connectivity index (χ1n) is 10.3. The highest BCUT2D eigenvalue weighted by atomic mass is 32.2. The summed E-state index contributed by atoms with van der Waals surface area (Å²) in [7, 11) is 0. The molecule has 2 heterocycles. The lowest BCUT2D eigenvalue weighted by molar-refractivity contribution is -0.139. The van der Waals surface area contributed by atoms with Gasteiger partial charge in [-0.05, 0) is 38.8 Å². The molecule has 4 rings (SSSR count). The summed E-state index contributed by atoms with van der Waals surface area (Å²) < 4.78 is 7.16. The van der Waals surface area contributed by atoms with E-state index >= 15 is 0 Å². The minimum Gasteiger partial charge on any atom is -0.463 e. The zero-order valence-electron chi connectivity index (χ0n) is 18.2. The first kappa shape index (κ1) is 21.2. The Balaban J connectivity index is 1.68. The van der Waals surface area contributed by atoms with Gasteiger partial charge in [-0.25, -0.2) is 9.48 Å². The van der Waals surface area contributed by atoms with E-state index in [0.29, 0.717) is 23.3 Å². The van der Waals surface area contributed by atoms with Crippen molar-refractivity contribution in [1.29, 1.82) is 0 Å². The maximum Gasteiger partial charge on any atom is 0.338 e. The molecule has 0 aliphatic carbocycles. The van der Waals surface area contributed by atoms with Crippen molar-refractivity contribution in [3.63, 3.8) is 0 Å². The van der Waals surface area contributed by atoms with E-state index in [-0.39, 0.29) is 5.97 Å². The minimum absolute atomic E-state index is 0.317. The fraction of sp³-hybridized carbons (Fsp3) is 0.292. The van der Waals surface area contributed by atoms with Gasteiger partial charge in [0.1, 0.15) is 6.04 Å². The molecule has 0 radical (unpaired) electrons. The molecule has 1 atom stereocenters. The number of ether oxygens (including phenoxy) is 1. The van der Waals surface area contributed by atoms with Crippen LogP contribution in [-0.4, -0.2) is 27.3 Å². The lowest BCUT2D eigenvalue weighted by Gasteiger charge is -2.28. The zero-order chi connectivity index (χ0) is 22.0. The molecule has 1 aliphatic rings. The van der Waals surface area contributed by atoms with E-state index in [4.69, 9.17) is 9.84 Å². The van der Waals surface area contributed by atoms with Crippen molar-refractivity contribution in [1.82, 2.24) is 14.8 Å². The molecule has 0 spiro atoms. The Kier molecular flexibility index (Phi) is 6.13. The van der Waals surface area contributed by atoms with Gasteiger partial charge in [-0.3, -0.25) is 0 Å². The Labute approximate surface area is 186 Å². The highest BCUT2D eigenvalue weighted by Crippen LogP contribution is 2.37. The van der Waals surface area contributed by atoms with Crippen LogP contribution in [0.3, 0.4) is 0 Å². The molecule has 160 valence electrons. The quantitative estimate of drug-likeness (QED) is 0.433. The summed E-state index contributed by atoms with van der Waals surface area (Å²) in [5.74, 6) is 1.06. The number of rotatable bonds is 6. The number of anilines is 1. The molecule has 2 aromatic carbocycles. The fourth-order valence-corrected chi connectivity index (χ4v) is 4.44. The maximum absolute atomic E-state index is 12.8. The monoisotopic (exact) mass is 434 g/mol. The van der Waals surface area contributed by atoms with Crippen molar-refractivity contribution in [3.05, 3.63) is 82.1 Å². The van der Waals surface area contributed by atoms with Gasteiger partial charge in [0.15, 0.2) is 0 Å². The van der Waals surface area contributed by atoms with Crippen LogP contribution < -0.4 is 5.32 Å². The Bertz CT molecular complexity index is 1130. The van der Waals surface area contributed by atoms with Gasteiger partial charge in [-0.2, -0.15) is 4.98 Å². The average Bonchev–Trinajstić information content (AvgIpc) is 3.14. The Morgan fingerprint density at radius 2 is 1.90 bits per heavy atom. The zero-order valence-corrected chi connectivity index (χ0v) is 19.0. The minimum atomic E-state index is -0.392. The lowest BCUT2D eigenvalue weighted by atomic mass is 9.95. The van der Waals surface area contributed by atoms with Gasteiger partial charge in [-0.1, -0.05) is 71.4 Å². The molecule has 7 heteroatoms. The van der Waals surface area contributed by atoms with Crippen LogP contribution in [0.2, 0.25) is 0 Å². The molecular weight excluding hydrogens is 408 g/mol. The van der Waals surface area contributed by atoms with Crippen LogP contribution in [0.25, 0.3) is 0 Å². The highest BCUT2D eigenvalue weighted by molar-refractivity contribution is 7.98. The molecule has 1 aromatic heterocycles. The highest BCUT2D eigenvalue weighted by Gasteiger charge is 2.35. The van der Waals surface area contributed by atoms with Gasteiger partial charge in [0, 0.05) is 11.4 Å². The van der Waals surface area contributed by atoms with Gasteiger partial charge in [0.05, 0.1) is 12.2 Å². The third-order valence-electron chi connectivity index (χ3n) is 5.17. The second-order valence-electron chi connectivity index (χ2n) is 7.64. The van der Waals surface area contributed by atoms with Crippen molar-refractivity contribution in [2.75, 3.05) is 11.9 Å².